The molecule has 2 aromatic rings. The first-order valence-electron chi connectivity index (χ1n) is 7.20. The molecule has 0 N–H and O–H groups in total. The number of aryl methyl sites for hydroxylation is 2. The maximum Gasteiger partial charge on any atom is 0.316 e. The highest BCUT2D eigenvalue weighted by Crippen LogP contribution is 2.20. The zero-order valence-electron chi connectivity index (χ0n) is 12.4. The third-order valence-electron chi connectivity index (χ3n) is 3.49. The summed E-state index contributed by atoms with van der Waals surface area (Å²) in [5.41, 5.74) is 1.03. The van der Waals surface area contributed by atoms with Crippen molar-refractivity contribution in [2.24, 2.45) is 0 Å². The van der Waals surface area contributed by atoms with Crippen molar-refractivity contribution in [1.82, 2.24) is 19.9 Å². The van der Waals surface area contributed by atoms with Gasteiger partial charge >= 0.3 is 6.01 Å². The Bertz CT molecular complexity index is 601. The van der Waals surface area contributed by atoms with E-state index < -0.39 is 0 Å². The smallest absolute Gasteiger partial charge is 0.316 e. The molecule has 1 aliphatic heterocycles. The van der Waals surface area contributed by atoms with Crippen molar-refractivity contribution in [2.45, 2.75) is 32.8 Å². The fourth-order valence-electron chi connectivity index (χ4n) is 2.45. The van der Waals surface area contributed by atoms with E-state index in [0.717, 1.165) is 43.1 Å². The Labute approximate surface area is 124 Å². The van der Waals surface area contributed by atoms with Crippen LogP contribution in [-0.2, 0) is 0 Å². The Morgan fingerprint density at radius 2 is 2.00 bits per heavy atom. The molecule has 3 rings (SSSR count). The van der Waals surface area contributed by atoms with E-state index in [1.54, 1.807) is 18.6 Å². The lowest BCUT2D eigenvalue weighted by Gasteiger charge is -2.33. The number of hydrogen-bond donors (Lipinski definition) is 0. The Kier molecular flexibility index (Phi) is 3.94. The number of ether oxygens (including phenoxy) is 1. The molecule has 1 atom stereocenters. The largest absolute Gasteiger partial charge is 0.458 e. The molecule has 6 heteroatoms. The summed E-state index contributed by atoms with van der Waals surface area (Å²) in [4.78, 5) is 19.3. The van der Waals surface area contributed by atoms with Gasteiger partial charge in [0.15, 0.2) is 0 Å². The van der Waals surface area contributed by atoms with Gasteiger partial charge in [0.25, 0.3) is 0 Å². The molecule has 110 valence electrons. The Balaban J connectivity index is 1.67. The van der Waals surface area contributed by atoms with Gasteiger partial charge in [0, 0.05) is 25.1 Å². The monoisotopic (exact) mass is 285 g/mol. The Morgan fingerprint density at radius 3 is 2.76 bits per heavy atom. The molecule has 0 saturated carbocycles. The molecule has 6 nitrogen and oxygen atoms in total. The second-order valence-electron chi connectivity index (χ2n) is 5.33. The van der Waals surface area contributed by atoms with Gasteiger partial charge in [-0.1, -0.05) is 0 Å². The molecular weight excluding hydrogens is 266 g/mol. The topological polar surface area (TPSA) is 64.0 Å². The van der Waals surface area contributed by atoms with E-state index in [-0.39, 0.29) is 6.10 Å². The number of rotatable bonds is 3. The van der Waals surface area contributed by atoms with Gasteiger partial charge in [-0.2, -0.15) is 0 Å². The van der Waals surface area contributed by atoms with E-state index >= 15 is 0 Å². The van der Waals surface area contributed by atoms with Crippen molar-refractivity contribution < 1.29 is 4.74 Å². The second kappa shape index (κ2) is 6.03. The highest BCUT2D eigenvalue weighted by Gasteiger charge is 2.23. The fourth-order valence-corrected chi connectivity index (χ4v) is 2.45. The number of hydrogen-bond acceptors (Lipinski definition) is 6. The Morgan fingerprint density at radius 1 is 1.19 bits per heavy atom. The summed E-state index contributed by atoms with van der Waals surface area (Å²) in [5.74, 6) is 1.75. The lowest BCUT2D eigenvalue weighted by molar-refractivity contribution is 0.164. The van der Waals surface area contributed by atoms with Gasteiger partial charge in [-0.05, 0) is 38.3 Å². The van der Waals surface area contributed by atoms with Crippen LogP contribution in [0.4, 0.5) is 5.82 Å². The number of nitrogens with zero attached hydrogens (tertiary/aromatic N) is 5. The van der Waals surface area contributed by atoms with Crippen LogP contribution in [0.3, 0.4) is 0 Å². The molecule has 0 spiro atoms. The average molecular weight is 285 g/mol. The van der Waals surface area contributed by atoms with Crippen LogP contribution in [0.2, 0.25) is 0 Å². The third kappa shape index (κ3) is 3.45. The lowest BCUT2D eigenvalue weighted by Crippen LogP contribution is -2.41. The van der Waals surface area contributed by atoms with E-state index in [9.17, 15) is 0 Å². The molecular formula is C15H19N5O. The summed E-state index contributed by atoms with van der Waals surface area (Å²) in [6.45, 7) is 5.66. The van der Waals surface area contributed by atoms with Gasteiger partial charge in [-0.15, -0.1) is 0 Å². The van der Waals surface area contributed by atoms with Crippen LogP contribution in [0.1, 0.15) is 24.2 Å². The molecule has 0 bridgehead atoms. The van der Waals surface area contributed by atoms with Gasteiger partial charge in [-0.3, -0.25) is 0 Å². The first kappa shape index (κ1) is 13.7. The highest BCUT2D eigenvalue weighted by molar-refractivity contribution is 5.38. The zero-order chi connectivity index (χ0) is 14.7. The summed E-state index contributed by atoms with van der Waals surface area (Å²) in [6.07, 6.45) is 7.52. The summed E-state index contributed by atoms with van der Waals surface area (Å²) in [6, 6.07) is 2.39. The normalized spacial score (nSPS) is 18.6. The minimum Gasteiger partial charge on any atom is -0.458 e. The van der Waals surface area contributed by atoms with Gasteiger partial charge in [0.05, 0.1) is 6.54 Å². The molecule has 1 fully saturated rings. The van der Waals surface area contributed by atoms with Gasteiger partial charge in [-0.25, -0.2) is 19.9 Å². The van der Waals surface area contributed by atoms with E-state index in [4.69, 9.17) is 4.74 Å². The number of piperidine rings is 1. The SMILES string of the molecule is Cc1cnc(OC2CCCN(c3ccnc(C)n3)C2)nc1. The molecule has 0 aliphatic carbocycles. The fraction of sp³-hybridized carbons (Fsp3) is 0.467. The maximum atomic E-state index is 5.88. The summed E-state index contributed by atoms with van der Waals surface area (Å²) < 4.78 is 5.88. The predicted molar refractivity (Wildman–Crippen MR) is 79.4 cm³/mol. The molecule has 0 aromatic carbocycles. The van der Waals surface area contributed by atoms with Crippen LogP contribution in [-0.4, -0.2) is 39.1 Å². The highest BCUT2D eigenvalue weighted by atomic mass is 16.5. The molecule has 1 unspecified atom stereocenters. The molecule has 3 heterocycles. The average Bonchev–Trinajstić information content (AvgIpc) is 2.50. The van der Waals surface area contributed by atoms with Crippen LogP contribution in [0.25, 0.3) is 0 Å². The van der Waals surface area contributed by atoms with Crippen LogP contribution < -0.4 is 9.64 Å². The van der Waals surface area contributed by atoms with E-state index in [2.05, 4.69) is 24.8 Å². The molecule has 0 amide bonds. The van der Waals surface area contributed by atoms with Crippen LogP contribution >= 0.6 is 0 Å². The van der Waals surface area contributed by atoms with Crippen molar-refractivity contribution in [3.8, 4) is 6.01 Å². The number of anilines is 1. The predicted octanol–water partition coefficient (Wildman–Crippen LogP) is 1.93. The van der Waals surface area contributed by atoms with E-state index in [0.29, 0.717) is 6.01 Å². The molecule has 21 heavy (non-hydrogen) atoms. The maximum absolute atomic E-state index is 5.88. The second-order valence-corrected chi connectivity index (χ2v) is 5.33. The summed E-state index contributed by atoms with van der Waals surface area (Å²) >= 11 is 0. The standard InChI is InChI=1S/C15H19N5O/c1-11-8-17-15(18-9-11)21-13-4-3-7-20(10-13)14-5-6-16-12(2)19-14/h5-6,8-9,13H,3-4,7,10H2,1-2H3. The zero-order valence-corrected chi connectivity index (χ0v) is 12.4. The van der Waals surface area contributed by atoms with Gasteiger partial charge < -0.3 is 9.64 Å². The van der Waals surface area contributed by atoms with Crippen LogP contribution in [0.15, 0.2) is 24.7 Å². The first-order valence-corrected chi connectivity index (χ1v) is 7.20. The minimum atomic E-state index is 0.0942. The first-order chi connectivity index (χ1) is 10.2. The Hall–Kier alpha value is -2.24. The molecule has 1 aliphatic rings. The molecule has 0 radical (unpaired) electrons. The van der Waals surface area contributed by atoms with Gasteiger partial charge in [0.2, 0.25) is 0 Å². The lowest BCUT2D eigenvalue weighted by atomic mass is 10.1. The van der Waals surface area contributed by atoms with E-state index in [1.165, 1.54) is 0 Å². The van der Waals surface area contributed by atoms with Crippen LogP contribution in [0.5, 0.6) is 6.01 Å². The van der Waals surface area contributed by atoms with Crippen molar-refractivity contribution in [3.63, 3.8) is 0 Å². The molecule has 2 aromatic heterocycles. The van der Waals surface area contributed by atoms with Crippen molar-refractivity contribution in [3.05, 3.63) is 36.0 Å². The quantitative estimate of drug-likeness (QED) is 0.858. The third-order valence-corrected chi connectivity index (χ3v) is 3.49. The number of aromatic nitrogens is 4. The van der Waals surface area contributed by atoms with E-state index in [1.807, 2.05) is 19.9 Å². The van der Waals surface area contributed by atoms with Gasteiger partial charge in [0.1, 0.15) is 17.7 Å². The van der Waals surface area contributed by atoms with Crippen LogP contribution in [0, 0.1) is 13.8 Å². The minimum absolute atomic E-state index is 0.0942. The van der Waals surface area contributed by atoms with Crippen molar-refractivity contribution >= 4 is 5.82 Å². The van der Waals surface area contributed by atoms with Crippen molar-refractivity contribution in [2.75, 3.05) is 18.0 Å². The molecule has 1 saturated heterocycles. The van der Waals surface area contributed by atoms with Crippen molar-refractivity contribution in [1.29, 1.82) is 0 Å². The summed E-state index contributed by atoms with van der Waals surface area (Å²) in [5, 5.41) is 0. The summed E-state index contributed by atoms with van der Waals surface area (Å²) in [7, 11) is 0.